The molecule has 0 aromatic carbocycles. The van der Waals surface area contributed by atoms with Crippen molar-refractivity contribution in [1.82, 2.24) is 10.2 Å². The molecule has 0 radical (unpaired) electrons. The number of nitrogens with zero attached hydrogens (tertiary/aromatic N) is 1. The highest BCUT2D eigenvalue weighted by atomic mass is 15.2. The van der Waals surface area contributed by atoms with E-state index in [1.165, 1.54) is 32.1 Å². The molecule has 0 aromatic rings. The molecule has 2 aliphatic heterocycles. The summed E-state index contributed by atoms with van der Waals surface area (Å²) in [5, 5.41) is 3.73. The van der Waals surface area contributed by atoms with E-state index in [1.54, 1.807) is 0 Å². The second-order valence-corrected chi connectivity index (χ2v) is 6.15. The first kappa shape index (κ1) is 12.4. The maximum atomic E-state index is 3.73. The Hall–Kier alpha value is -0.0800. The zero-order chi connectivity index (χ0) is 11.7. The van der Waals surface area contributed by atoms with Crippen molar-refractivity contribution in [2.75, 3.05) is 7.05 Å². The molecule has 3 atom stereocenters. The SMILES string of the molecule is CCC(C(C)C)N(C)C1CC2CCC(C1)N2. The summed E-state index contributed by atoms with van der Waals surface area (Å²) in [4.78, 5) is 2.68. The molecule has 1 N–H and O–H groups in total. The molecule has 2 saturated heterocycles. The van der Waals surface area contributed by atoms with Gasteiger partial charge in [0, 0.05) is 24.2 Å². The summed E-state index contributed by atoms with van der Waals surface area (Å²) in [6, 6.07) is 3.22. The fourth-order valence-corrected chi connectivity index (χ4v) is 3.86. The third kappa shape index (κ3) is 2.43. The Morgan fingerprint density at radius 2 is 1.75 bits per heavy atom. The fourth-order valence-electron chi connectivity index (χ4n) is 3.86. The first-order valence-corrected chi connectivity index (χ1v) is 7.09. The quantitative estimate of drug-likeness (QED) is 0.790. The Bertz CT molecular complexity index is 215. The van der Waals surface area contributed by atoms with Gasteiger partial charge in [-0.15, -0.1) is 0 Å². The minimum Gasteiger partial charge on any atom is -0.311 e. The average molecular weight is 224 g/mol. The lowest BCUT2D eigenvalue weighted by Crippen LogP contribution is -2.51. The zero-order valence-corrected chi connectivity index (χ0v) is 11.4. The van der Waals surface area contributed by atoms with E-state index in [4.69, 9.17) is 0 Å². The number of rotatable bonds is 4. The molecule has 2 nitrogen and oxygen atoms in total. The Morgan fingerprint density at radius 3 is 2.19 bits per heavy atom. The van der Waals surface area contributed by atoms with Crippen molar-refractivity contribution >= 4 is 0 Å². The van der Waals surface area contributed by atoms with Gasteiger partial charge in [0.05, 0.1) is 0 Å². The van der Waals surface area contributed by atoms with Gasteiger partial charge in [-0.3, -0.25) is 0 Å². The zero-order valence-electron chi connectivity index (χ0n) is 11.4. The molecule has 2 heterocycles. The van der Waals surface area contributed by atoms with E-state index in [2.05, 4.69) is 38.0 Å². The number of piperidine rings is 1. The van der Waals surface area contributed by atoms with Gasteiger partial charge in [-0.1, -0.05) is 20.8 Å². The minimum atomic E-state index is 0.766. The van der Waals surface area contributed by atoms with Crippen molar-refractivity contribution in [2.24, 2.45) is 5.92 Å². The number of hydrogen-bond acceptors (Lipinski definition) is 2. The monoisotopic (exact) mass is 224 g/mol. The molecule has 94 valence electrons. The molecule has 16 heavy (non-hydrogen) atoms. The highest BCUT2D eigenvalue weighted by Crippen LogP contribution is 2.31. The van der Waals surface area contributed by atoms with Crippen molar-refractivity contribution < 1.29 is 0 Å². The van der Waals surface area contributed by atoms with Gasteiger partial charge >= 0.3 is 0 Å². The van der Waals surface area contributed by atoms with Crippen LogP contribution in [0.25, 0.3) is 0 Å². The largest absolute Gasteiger partial charge is 0.311 e. The molecule has 0 aromatic heterocycles. The predicted octanol–water partition coefficient (Wildman–Crippen LogP) is 2.64. The summed E-state index contributed by atoms with van der Waals surface area (Å²) < 4.78 is 0. The van der Waals surface area contributed by atoms with Crippen LogP contribution in [0.4, 0.5) is 0 Å². The van der Waals surface area contributed by atoms with E-state index in [0.717, 1.165) is 30.1 Å². The van der Waals surface area contributed by atoms with Crippen molar-refractivity contribution in [3.8, 4) is 0 Å². The van der Waals surface area contributed by atoms with Crippen LogP contribution in [-0.2, 0) is 0 Å². The Morgan fingerprint density at radius 1 is 1.19 bits per heavy atom. The second kappa shape index (κ2) is 5.05. The van der Waals surface area contributed by atoms with Gasteiger partial charge in [0.15, 0.2) is 0 Å². The lowest BCUT2D eigenvalue weighted by atomic mass is 9.93. The predicted molar refractivity (Wildman–Crippen MR) is 69.6 cm³/mol. The van der Waals surface area contributed by atoms with Crippen LogP contribution in [0.1, 0.15) is 52.9 Å². The minimum absolute atomic E-state index is 0.766. The molecule has 3 unspecified atom stereocenters. The van der Waals surface area contributed by atoms with E-state index in [-0.39, 0.29) is 0 Å². The maximum Gasteiger partial charge on any atom is 0.0125 e. The third-order valence-corrected chi connectivity index (χ3v) is 4.74. The van der Waals surface area contributed by atoms with E-state index >= 15 is 0 Å². The highest BCUT2D eigenvalue weighted by molar-refractivity contribution is 4.96. The van der Waals surface area contributed by atoms with Crippen molar-refractivity contribution in [3.63, 3.8) is 0 Å². The first-order chi connectivity index (χ1) is 7.61. The molecule has 0 aliphatic carbocycles. The first-order valence-electron chi connectivity index (χ1n) is 7.09. The molecule has 0 amide bonds. The number of nitrogens with one attached hydrogen (secondary N) is 1. The van der Waals surface area contributed by atoms with Crippen LogP contribution >= 0.6 is 0 Å². The van der Waals surface area contributed by atoms with E-state index in [1.807, 2.05) is 0 Å². The van der Waals surface area contributed by atoms with E-state index in [0.29, 0.717) is 0 Å². The van der Waals surface area contributed by atoms with Gasteiger partial charge in [0.2, 0.25) is 0 Å². The standard InChI is InChI=1S/C14H28N2/c1-5-14(10(2)3)16(4)13-8-11-6-7-12(9-13)15-11/h10-15H,5-9H2,1-4H3. The average Bonchev–Trinajstić information content (AvgIpc) is 2.58. The summed E-state index contributed by atoms with van der Waals surface area (Å²) in [6.07, 6.45) is 6.85. The smallest absolute Gasteiger partial charge is 0.0125 e. The van der Waals surface area contributed by atoms with Crippen LogP contribution in [0, 0.1) is 5.92 Å². The topological polar surface area (TPSA) is 15.3 Å². The van der Waals surface area contributed by atoms with E-state index in [9.17, 15) is 0 Å². The lowest BCUT2D eigenvalue weighted by Gasteiger charge is -2.41. The van der Waals surface area contributed by atoms with Crippen LogP contribution < -0.4 is 5.32 Å². The molecule has 2 heteroatoms. The fraction of sp³-hybridized carbons (Fsp3) is 1.00. The Kier molecular flexibility index (Phi) is 3.91. The summed E-state index contributed by atoms with van der Waals surface area (Å²) in [6.45, 7) is 7.05. The molecular formula is C14H28N2. The van der Waals surface area contributed by atoms with E-state index < -0.39 is 0 Å². The van der Waals surface area contributed by atoms with Crippen molar-refractivity contribution in [2.45, 2.75) is 77.0 Å². The molecule has 2 bridgehead atoms. The molecule has 2 rings (SSSR count). The summed E-state index contributed by atoms with van der Waals surface area (Å²) >= 11 is 0. The van der Waals surface area contributed by atoms with Crippen molar-refractivity contribution in [3.05, 3.63) is 0 Å². The Balaban J connectivity index is 1.96. The lowest BCUT2D eigenvalue weighted by molar-refractivity contribution is 0.0954. The van der Waals surface area contributed by atoms with Gasteiger partial charge < -0.3 is 10.2 Å². The second-order valence-electron chi connectivity index (χ2n) is 6.15. The van der Waals surface area contributed by atoms with Gasteiger partial charge in [-0.25, -0.2) is 0 Å². The summed E-state index contributed by atoms with van der Waals surface area (Å²) in [5.41, 5.74) is 0. The van der Waals surface area contributed by atoms with Crippen LogP contribution in [-0.4, -0.2) is 36.1 Å². The van der Waals surface area contributed by atoms with Crippen LogP contribution in [0.3, 0.4) is 0 Å². The Labute approximate surface area is 101 Å². The molecule has 0 spiro atoms. The molecule has 2 fully saturated rings. The molecule has 2 aliphatic rings. The molecular weight excluding hydrogens is 196 g/mol. The van der Waals surface area contributed by atoms with Gasteiger partial charge in [-0.05, 0) is 45.1 Å². The molecule has 0 saturated carbocycles. The van der Waals surface area contributed by atoms with Crippen LogP contribution in [0.15, 0.2) is 0 Å². The van der Waals surface area contributed by atoms with Crippen LogP contribution in [0.2, 0.25) is 0 Å². The normalized spacial score (nSPS) is 36.0. The maximum absolute atomic E-state index is 3.73. The summed E-state index contributed by atoms with van der Waals surface area (Å²) in [5.74, 6) is 0.780. The van der Waals surface area contributed by atoms with Crippen LogP contribution in [0.5, 0.6) is 0 Å². The summed E-state index contributed by atoms with van der Waals surface area (Å²) in [7, 11) is 2.35. The number of fused-ring (bicyclic) bond motifs is 2. The number of hydrogen-bond donors (Lipinski definition) is 1. The van der Waals surface area contributed by atoms with Gasteiger partial charge in [0.25, 0.3) is 0 Å². The highest BCUT2D eigenvalue weighted by Gasteiger charge is 2.36. The third-order valence-electron chi connectivity index (χ3n) is 4.74. The van der Waals surface area contributed by atoms with Gasteiger partial charge in [0.1, 0.15) is 0 Å². The van der Waals surface area contributed by atoms with Crippen molar-refractivity contribution in [1.29, 1.82) is 0 Å². The van der Waals surface area contributed by atoms with Gasteiger partial charge in [-0.2, -0.15) is 0 Å².